The highest BCUT2D eigenvalue weighted by Crippen LogP contribution is 2.39. The summed E-state index contributed by atoms with van der Waals surface area (Å²) in [5, 5.41) is 6.60. The minimum Gasteiger partial charge on any atom is -0.494 e. The number of likely N-dealkylation sites (N-methyl/N-ethyl adjacent to an activating group) is 1. The molecule has 1 aromatic heterocycles. The first-order valence-corrected chi connectivity index (χ1v) is 10.9. The summed E-state index contributed by atoms with van der Waals surface area (Å²) in [6.45, 7) is 4.61. The zero-order valence-electron chi connectivity index (χ0n) is 19.2. The molecule has 170 valence electrons. The minimum absolute atomic E-state index is 0.106. The molecule has 2 N–H and O–H groups in total. The number of aliphatic imine (C=N–C) groups is 1. The lowest BCUT2D eigenvalue weighted by molar-refractivity contribution is -0.0330. The highest BCUT2D eigenvalue weighted by Gasteiger charge is 2.45. The fourth-order valence-corrected chi connectivity index (χ4v) is 4.31. The number of hydrogen-bond acceptors (Lipinski definition) is 7. The van der Waals surface area contributed by atoms with Crippen LogP contribution in [0.4, 0.5) is 5.69 Å². The molecule has 0 radical (unpaired) electrons. The number of nitrogens with one attached hydrogen (secondary N) is 2. The minimum atomic E-state index is -0.634. The second-order valence-electron chi connectivity index (χ2n) is 8.42. The summed E-state index contributed by atoms with van der Waals surface area (Å²) in [5.41, 5.74) is 3.30. The Kier molecular flexibility index (Phi) is 5.30. The van der Waals surface area contributed by atoms with Crippen LogP contribution in [0.3, 0.4) is 0 Å². The van der Waals surface area contributed by atoms with Crippen LogP contribution in [0, 0.1) is 6.92 Å². The molecule has 0 spiro atoms. The molecule has 2 aliphatic heterocycles. The van der Waals surface area contributed by atoms with Gasteiger partial charge in [-0.25, -0.2) is 9.98 Å². The second-order valence-corrected chi connectivity index (χ2v) is 8.42. The number of nitrogens with zero attached hydrogens (tertiary/aromatic N) is 4. The van der Waals surface area contributed by atoms with Crippen molar-refractivity contribution in [1.29, 1.82) is 0 Å². The van der Waals surface area contributed by atoms with Crippen LogP contribution in [-0.4, -0.2) is 46.8 Å². The molecule has 0 amide bonds. The number of ether oxygens (including phenoxy) is 2. The Labute approximate surface area is 193 Å². The third kappa shape index (κ3) is 3.82. The Morgan fingerprint density at radius 3 is 2.76 bits per heavy atom. The van der Waals surface area contributed by atoms with Gasteiger partial charge in [0, 0.05) is 24.2 Å². The fourth-order valence-electron chi connectivity index (χ4n) is 4.31. The molecule has 5 rings (SSSR count). The highest BCUT2D eigenvalue weighted by molar-refractivity contribution is 5.95. The average Bonchev–Trinajstić information content (AvgIpc) is 3.26. The van der Waals surface area contributed by atoms with Crippen LogP contribution >= 0.6 is 0 Å². The monoisotopic (exact) mass is 444 g/mol. The van der Waals surface area contributed by atoms with Gasteiger partial charge in [-0.2, -0.15) is 0 Å². The van der Waals surface area contributed by atoms with E-state index in [1.54, 1.807) is 13.4 Å². The predicted molar refractivity (Wildman–Crippen MR) is 128 cm³/mol. The average molecular weight is 445 g/mol. The van der Waals surface area contributed by atoms with Gasteiger partial charge in [0.15, 0.2) is 11.4 Å². The van der Waals surface area contributed by atoms with E-state index in [0.29, 0.717) is 12.6 Å². The SMILES string of the molecule is COc1cc(NC2=NC3(C)C(=CN2)OCC(c2ccccc2)N3C)ccc1-n1cnc(C)c1. The van der Waals surface area contributed by atoms with Crippen LogP contribution in [0.25, 0.3) is 5.69 Å². The Morgan fingerprint density at radius 1 is 1.21 bits per heavy atom. The van der Waals surface area contributed by atoms with Crippen molar-refractivity contribution in [2.75, 3.05) is 26.1 Å². The number of imidazole rings is 1. The van der Waals surface area contributed by atoms with Gasteiger partial charge in [0.1, 0.15) is 12.4 Å². The fraction of sp³-hybridized carbons (Fsp3) is 0.280. The maximum Gasteiger partial charge on any atom is 0.202 e. The van der Waals surface area contributed by atoms with Crippen molar-refractivity contribution in [2.45, 2.75) is 25.6 Å². The highest BCUT2D eigenvalue weighted by atomic mass is 16.5. The van der Waals surface area contributed by atoms with E-state index in [-0.39, 0.29) is 6.04 Å². The molecular weight excluding hydrogens is 416 g/mol. The molecule has 3 heterocycles. The second kappa shape index (κ2) is 8.29. The van der Waals surface area contributed by atoms with Gasteiger partial charge in [0.05, 0.1) is 30.9 Å². The van der Waals surface area contributed by atoms with Crippen molar-refractivity contribution in [3.05, 3.63) is 84.3 Å². The van der Waals surface area contributed by atoms with E-state index in [9.17, 15) is 0 Å². The van der Waals surface area contributed by atoms with Gasteiger partial charge < -0.3 is 24.7 Å². The largest absolute Gasteiger partial charge is 0.494 e. The third-order valence-corrected chi connectivity index (χ3v) is 6.30. The summed E-state index contributed by atoms with van der Waals surface area (Å²) in [5.74, 6) is 2.17. The van der Waals surface area contributed by atoms with Gasteiger partial charge in [-0.15, -0.1) is 0 Å². The molecule has 0 saturated carbocycles. The molecule has 8 heteroatoms. The standard InChI is InChI=1S/C25H28N6O2/c1-17-14-31(16-27-17)20-11-10-19(12-22(20)32-4)28-24-26-13-23-25(2,29-24)30(3)21(15-33-23)18-8-6-5-7-9-18/h5-14,16,21H,15H2,1-4H3,(H2,26,28,29). The number of benzene rings is 2. The van der Waals surface area contributed by atoms with Crippen molar-refractivity contribution in [3.63, 3.8) is 0 Å². The number of aromatic nitrogens is 2. The molecule has 8 nitrogen and oxygen atoms in total. The van der Waals surface area contributed by atoms with E-state index >= 15 is 0 Å². The molecule has 0 bridgehead atoms. The molecular formula is C25H28N6O2. The number of rotatable bonds is 4. The topological polar surface area (TPSA) is 75.9 Å². The molecule has 33 heavy (non-hydrogen) atoms. The van der Waals surface area contributed by atoms with Gasteiger partial charge in [-0.1, -0.05) is 30.3 Å². The van der Waals surface area contributed by atoms with Crippen molar-refractivity contribution < 1.29 is 9.47 Å². The third-order valence-electron chi connectivity index (χ3n) is 6.30. The number of guanidine groups is 1. The number of methoxy groups -OCH3 is 1. The summed E-state index contributed by atoms with van der Waals surface area (Å²) >= 11 is 0. The molecule has 2 atom stereocenters. The summed E-state index contributed by atoms with van der Waals surface area (Å²) in [4.78, 5) is 11.6. The smallest absolute Gasteiger partial charge is 0.202 e. The van der Waals surface area contributed by atoms with Crippen molar-refractivity contribution in [3.8, 4) is 11.4 Å². The van der Waals surface area contributed by atoms with Crippen LogP contribution in [-0.2, 0) is 4.74 Å². The van der Waals surface area contributed by atoms with E-state index < -0.39 is 5.66 Å². The van der Waals surface area contributed by atoms with Crippen molar-refractivity contribution >= 4 is 11.6 Å². The predicted octanol–water partition coefficient (Wildman–Crippen LogP) is 3.82. The molecule has 3 aromatic rings. The molecule has 2 aliphatic rings. The maximum absolute atomic E-state index is 6.12. The van der Waals surface area contributed by atoms with Gasteiger partial charge in [0.2, 0.25) is 5.96 Å². The molecule has 2 unspecified atom stereocenters. The van der Waals surface area contributed by atoms with Crippen molar-refractivity contribution in [1.82, 2.24) is 19.8 Å². The van der Waals surface area contributed by atoms with Gasteiger partial charge in [-0.05, 0) is 38.6 Å². The van der Waals surface area contributed by atoms with Gasteiger partial charge in [-0.3, -0.25) is 4.90 Å². The number of morpholine rings is 1. The van der Waals surface area contributed by atoms with Crippen LogP contribution < -0.4 is 15.4 Å². The lowest BCUT2D eigenvalue weighted by Gasteiger charge is -2.47. The van der Waals surface area contributed by atoms with E-state index in [2.05, 4.69) is 58.8 Å². The summed E-state index contributed by atoms with van der Waals surface area (Å²) in [6, 6.07) is 16.4. The lowest BCUT2D eigenvalue weighted by Crippen LogP contribution is -2.55. The number of anilines is 1. The summed E-state index contributed by atoms with van der Waals surface area (Å²) < 4.78 is 13.7. The lowest BCUT2D eigenvalue weighted by atomic mass is 9.98. The Bertz CT molecular complexity index is 1220. The molecule has 1 fully saturated rings. The maximum atomic E-state index is 6.12. The first-order chi connectivity index (χ1) is 16.0. The number of hydrogen-bond donors (Lipinski definition) is 2. The number of fused-ring (bicyclic) bond motifs is 1. The number of aryl methyl sites for hydroxylation is 1. The zero-order chi connectivity index (χ0) is 23.0. The summed E-state index contributed by atoms with van der Waals surface area (Å²) in [6.07, 6.45) is 5.63. The first-order valence-electron chi connectivity index (χ1n) is 10.9. The first kappa shape index (κ1) is 21.1. The van der Waals surface area contributed by atoms with E-state index in [1.807, 2.05) is 48.2 Å². The van der Waals surface area contributed by atoms with Gasteiger partial charge >= 0.3 is 0 Å². The van der Waals surface area contributed by atoms with E-state index in [1.165, 1.54) is 5.56 Å². The Morgan fingerprint density at radius 2 is 2.03 bits per heavy atom. The normalized spacial score (nSPS) is 22.4. The van der Waals surface area contributed by atoms with Crippen LogP contribution in [0.2, 0.25) is 0 Å². The molecule has 0 aliphatic carbocycles. The quantitative estimate of drug-likeness (QED) is 0.637. The van der Waals surface area contributed by atoms with Crippen molar-refractivity contribution in [2.24, 2.45) is 4.99 Å². The zero-order valence-corrected chi connectivity index (χ0v) is 19.2. The molecule has 2 aromatic carbocycles. The van der Waals surface area contributed by atoms with Crippen LogP contribution in [0.1, 0.15) is 24.2 Å². The summed E-state index contributed by atoms with van der Waals surface area (Å²) in [7, 11) is 3.75. The van der Waals surface area contributed by atoms with E-state index in [4.69, 9.17) is 14.5 Å². The van der Waals surface area contributed by atoms with Crippen LogP contribution in [0.5, 0.6) is 5.75 Å². The van der Waals surface area contributed by atoms with E-state index in [0.717, 1.165) is 28.6 Å². The Balaban J connectivity index is 1.40. The van der Waals surface area contributed by atoms with Crippen LogP contribution in [0.15, 0.2) is 78.0 Å². The van der Waals surface area contributed by atoms with Gasteiger partial charge in [0.25, 0.3) is 0 Å². The molecule has 1 saturated heterocycles. The Hall–Kier alpha value is -3.78.